The zero-order valence-electron chi connectivity index (χ0n) is 11.5. The van der Waals surface area contributed by atoms with Gasteiger partial charge in [-0.15, -0.1) is 11.3 Å². The Labute approximate surface area is 122 Å². The molecule has 4 nitrogen and oxygen atoms in total. The van der Waals surface area contributed by atoms with Crippen molar-refractivity contribution in [1.82, 2.24) is 4.98 Å². The molecule has 0 amide bonds. The monoisotopic (exact) mass is 291 g/mol. The van der Waals surface area contributed by atoms with Crippen LogP contribution in [0.1, 0.15) is 35.1 Å². The second-order valence-electron chi connectivity index (χ2n) is 4.47. The normalized spacial score (nSPS) is 10.5. The first-order valence-corrected chi connectivity index (χ1v) is 7.37. The van der Waals surface area contributed by atoms with Crippen molar-refractivity contribution in [1.29, 1.82) is 0 Å². The lowest BCUT2D eigenvalue weighted by Crippen LogP contribution is -1.96. The molecule has 20 heavy (non-hydrogen) atoms. The molecule has 0 bridgehead atoms. The van der Waals surface area contributed by atoms with Crippen LogP contribution in [0.4, 0.5) is 0 Å². The minimum atomic E-state index is -0.929. The number of rotatable bonds is 6. The molecule has 0 unspecified atom stereocenters. The highest BCUT2D eigenvalue weighted by atomic mass is 32.1. The van der Waals surface area contributed by atoms with Crippen molar-refractivity contribution in [3.63, 3.8) is 0 Å². The van der Waals surface area contributed by atoms with E-state index in [1.54, 1.807) is 6.92 Å². The number of hydrogen-bond donors (Lipinski definition) is 1. The van der Waals surface area contributed by atoms with Crippen LogP contribution in [-0.2, 0) is 0 Å². The number of unbranched alkanes of at least 4 members (excludes halogenated alkanes) is 1. The van der Waals surface area contributed by atoms with Gasteiger partial charge < -0.3 is 9.84 Å². The fourth-order valence-electron chi connectivity index (χ4n) is 1.77. The Morgan fingerprint density at radius 2 is 2.25 bits per heavy atom. The van der Waals surface area contributed by atoms with E-state index in [1.807, 2.05) is 24.3 Å². The highest BCUT2D eigenvalue weighted by Gasteiger charge is 2.15. The van der Waals surface area contributed by atoms with E-state index in [0.29, 0.717) is 17.3 Å². The third kappa shape index (κ3) is 3.36. The van der Waals surface area contributed by atoms with E-state index in [0.717, 1.165) is 24.2 Å². The smallest absolute Gasteiger partial charge is 0.347 e. The minimum absolute atomic E-state index is 0.289. The molecule has 1 heterocycles. The van der Waals surface area contributed by atoms with Crippen molar-refractivity contribution < 1.29 is 14.6 Å². The molecule has 0 saturated carbocycles. The highest BCUT2D eigenvalue weighted by Crippen LogP contribution is 2.30. The quantitative estimate of drug-likeness (QED) is 0.817. The van der Waals surface area contributed by atoms with E-state index in [-0.39, 0.29) is 4.88 Å². The third-order valence-electron chi connectivity index (χ3n) is 2.84. The molecule has 1 aromatic carbocycles. The van der Waals surface area contributed by atoms with Crippen molar-refractivity contribution in [2.24, 2.45) is 0 Å². The number of carbonyl (C=O) groups is 1. The largest absolute Gasteiger partial charge is 0.494 e. The Bertz CT molecular complexity index is 607. The van der Waals surface area contributed by atoms with E-state index >= 15 is 0 Å². The lowest BCUT2D eigenvalue weighted by molar-refractivity contribution is 0.0701. The summed E-state index contributed by atoms with van der Waals surface area (Å²) in [7, 11) is 0. The van der Waals surface area contributed by atoms with Crippen LogP contribution in [0.3, 0.4) is 0 Å². The van der Waals surface area contributed by atoms with E-state index in [2.05, 4.69) is 11.9 Å². The van der Waals surface area contributed by atoms with Gasteiger partial charge in [-0.3, -0.25) is 0 Å². The van der Waals surface area contributed by atoms with Gasteiger partial charge in [0.1, 0.15) is 15.6 Å². The molecule has 0 aliphatic heterocycles. The average molecular weight is 291 g/mol. The molecule has 1 N–H and O–H groups in total. The van der Waals surface area contributed by atoms with Gasteiger partial charge in [-0.1, -0.05) is 25.5 Å². The number of nitrogens with zero attached hydrogens (tertiary/aromatic N) is 1. The maximum absolute atomic E-state index is 11.1. The Morgan fingerprint density at radius 1 is 1.45 bits per heavy atom. The van der Waals surface area contributed by atoms with Crippen molar-refractivity contribution in [3.8, 4) is 16.3 Å². The zero-order valence-corrected chi connectivity index (χ0v) is 12.4. The molecular formula is C15H17NO3S. The molecule has 0 fully saturated rings. The maximum atomic E-state index is 11.1. The molecule has 0 saturated heterocycles. The summed E-state index contributed by atoms with van der Waals surface area (Å²) in [5.41, 5.74) is 1.44. The molecule has 2 rings (SSSR count). The summed E-state index contributed by atoms with van der Waals surface area (Å²) in [5, 5.41) is 9.78. The third-order valence-corrected chi connectivity index (χ3v) is 4.03. The molecule has 0 aliphatic carbocycles. The first-order valence-electron chi connectivity index (χ1n) is 6.55. The van der Waals surface area contributed by atoms with Crippen LogP contribution < -0.4 is 4.74 Å². The lowest BCUT2D eigenvalue weighted by Gasteiger charge is -2.06. The van der Waals surface area contributed by atoms with Gasteiger partial charge in [0, 0.05) is 5.56 Å². The summed E-state index contributed by atoms with van der Waals surface area (Å²) >= 11 is 1.19. The van der Waals surface area contributed by atoms with Gasteiger partial charge in [-0.25, -0.2) is 9.78 Å². The number of aryl methyl sites for hydroxylation is 1. The molecule has 106 valence electrons. The predicted octanol–water partition coefficient (Wildman–Crippen LogP) is 4.00. The average Bonchev–Trinajstić information content (AvgIpc) is 2.82. The standard InChI is InChI=1S/C15H17NO3S/c1-3-4-8-19-12-7-5-6-11(9-12)14-16-10(2)13(20-14)15(17)18/h5-7,9H,3-4,8H2,1-2H3,(H,17,18). The topological polar surface area (TPSA) is 59.4 Å². The van der Waals surface area contributed by atoms with Crippen LogP contribution in [0.15, 0.2) is 24.3 Å². The Balaban J connectivity index is 2.22. The summed E-state index contributed by atoms with van der Waals surface area (Å²) in [6.45, 7) is 4.52. The molecule has 2 aromatic rings. The van der Waals surface area contributed by atoms with Gasteiger partial charge in [0.05, 0.1) is 12.3 Å². The number of ether oxygens (including phenoxy) is 1. The van der Waals surface area contributed by atoms with Crippen molar-refractivity contribution in [2.75, 3.05) is 6.61 Å². The molecular weight excluding hydrogens is 274 g/mol. The Morgan fingerprint density at radius 3 is 2.90 bits per heavy atom. The van der Waals surface area contributed by atoms with Crippen LogP contribution in [0.2, 0.25) is 0 Å². The lowest BCUT2D eigenvalue weighted by atomic mass is 10.2. The summed E-state index contributed by atoms with van der Waals surface area (Å²) in [4.78, 5) is 15.7. The van der Waals surface area contributed by atoms with Crippen LogP contribution in [0.5, 0.6) is 5.75 Å². The summed E-state index contributed by atoms with van der Waals surface area (Å²) in [6, 6.07) is 7.61. The van der Waals surface area contributed by atoms with Gasteiger partial charge in [-0.05, 0) is 25.5 Å². The molecule has 0 spiro atoms. The fraction of sp³-hybridized carbons (Fsp3) is 0.333. The summed E-state index contributed by atoms with van der Waals surface area (Å²) < 4.78 is 5.65. The zero-order chi connectivity index (χ0) is 14.5. The van der Waals surface area contributed by atoms with Crippen molar-refractivity contribution in [3.05, 3.63) is 34.8 Å². The van der Waals surface area contributed by atoms with Gasteiger partial charge >= 0.3 is 5.97 Å². The van der Waals surface area contributed by atoms with Crippen LogP contribution in [-0.4, -0.2) is 22.7 Å². The van der Waals surface area contributed by atoms with Crippen molar-refractivity contribution in [2.45, 2.75) is 26.7 Å². The van der Waals surface area contributed by atoms with E-state index in [4.69, 9.17) is 9.84 Å². The first kappa shape index (κ1) is 14.5. The van der Waals surface area contributed by atoms with Gasteiger partial charge in [0.15, 0.2) is 0 Å². The number of aromatic nitrogens is 1. The molecule has 1 aromatic heterocycles. The minimum Gasteiger partial charge on any atom is -0.494 e. The van der Waals surface area contributed by atoms with Crippen LogP contribution in [0.25, 0.3) is 10.6 Å². The Hall–Kier alpha value is -1.88. The number of carboxylic acids is 1. The highest BCUT2D eigenvalue weighted by molar-refractivity contribution is 7.17. The number of aromatic carboxylic acids is 1. The molecule has 5 heteroatoms. The van der Waals surface area contributed by atoms with Crippen LogP contribution >= 0.6 is 11.3 Å². The first-order chi connectivity index (χ1) is 9.61. The predicted molar refractivity (Wildman–Crippen MR) is 79.6 cm³/mol. The maximum Gasteiger partial charge on any atom is 0.347 e. The second kappa shape index (κ2) is 6.52. The molecule has 0 aliphatic rings. The number of carboxylic acid groups (broad SMARTS) is 1. The molecule has 0 radical (unpaired) electrons. The summed E-state index contributed by atoms with van der Waals surface area (Å²) in [6.07, 6.45) is 2.11. The Kier molecular flexibility index (Phi) is 4.74. The van der Waals surface area contributed by atoms with Gasteiger partial charge in [0.2, 0.25) is 0 Å². The summed E-state index contributed by atoms with van der Waals surface area (Å²) in [5.74, 6) is -0.137. The van der Waals surface area contributed by atoms with E-state index in [9.17, 15) is 4.79 Å². The number of thiazole rings is 1. The SMILES string of the molecule is CCCCOc1cccc(-c2nc(C)c(C(=O)O)s2)c1. The van der Waals surface area contributed by atoms with E-state index in [1.165, 1.54) is 11.3 Å². The van der Waals surface area contributed by atoms with Crippen LogP contribution in [0, 0.1) is 6.92 Å². The van der Waals surface area contributed by atoms with Gasteiger partial charge in [0.25, 0.3) is 0 Å². The number of hydrogen-bond acceptors (Lipinski definition) is 4. The van der Waals surface area contributed by atoms with Gasteiger partial charge in [-0.2, -0.15) is 0 Å². The fourth-order valence-corrected chi connectivity index (χ4v) is 2.67. The second-order valence-corrected chi connectivity index (χ2v) is 5.47. The molecule has 0 atom stereocenters. The van der Waals surface area contributed by atoms with E-state index < -0.39 is 5.97 Å². The van der Waals surface area contributed by atoms with Crippen molar-refractivity contribution >= 4 is 17.3 Å². The number of benzene rings is 1.